The molecular weight excluding hydrogens is 413 g/mol. The van der Waals surface area contributed by atoms with Crippen LogP contribution in [0.15, 0.2) is 54.6 Å². The van der Waals surface area contributed by atoms with Crippen LogP contribution in [0.2, 0.25) is 0 Å². The third-order valence-electron chi connectivity index (χ3n) is 3.89. The van der Waals surface area contributed by atoms with Crippen LogP contribution >= 0.6 is 22.6 Å². The first-order valence-corrected chi connectivity index (χ1v) is 8.79. The molecule has 0 saturated carbocycles. The summed E-state index contributed by atoms with van der Waals surface area (Å²) in [6, 6.07) is 17.9. The van der Waals surface area contributed by atoms with Gasteiger partial charge in [-0.2, -0.15) is 0 Å². The normalized spacial score (nSPS) is 10.6. The van der Waals surface area contributed by atoms with Crippen molar-refractivity contribution in [1.29, 1.82) is 0 Å². The summed E-state index contributed by atoms with van der Waals surface area (Å²) in [6.45, 7) is 4.00. The van der Waals surface area contributed by atoms with E-state index in [9.17, 15) is 4.79 Å². The molecule has 0 bridgehead atoms. The molecule has 3 aromatic carbocycles. The Morgan fingerprint density at radius 2 is 1.79 bits per heavy atom. The van der Waals surface area contributed by atoms with E-state index in [4.69, 9.17) is 4.74 Å². The Hall–Kier alpha value is -2.08. The largest absolute Gasteiger partial charge is 0.483 e. The number of benzene rings is 3. The van der Waals surface area contributed by atoms with Crippen LogP contribution in [0.3, 0.4) is 0 Å². The van der Waals surface area contributed by atoms with Crippen LogP contribution in [0.1, 0.15) is 11.1 Å². The number of carbonyl (C=O) groups excluding carboxylic acids is 1. The van der Waals surface area contributed by atoms with E-state index in [1.54, 1.807) is 0 Å². The predicted octanol–water partition coefficient (Wildman–Crippen LogP) is 5.08. The summed E-state index contributed by atoms with van der Waals surface area (Å²) in [5.41, 5.74) is 3.02. The molecule has 0 unspecified atom stereocenters. The minimum atomic E-state index is -0.161. The average molecular weight is 431 g/mol. The van der Waals surface area contributed by atoms with E-state index in [1.165, 1.54) is 3.57 Å². The van der Waals surface area contributed by atoms with Gasteiger partial charge in [0.05, 0.1) is 0 Å². The van der Waals surface area contributed by atoms with E-state index < -0.39 is 0 Å². The molecule has 1 amide bonds. The van der Waals surface area contributed by atoms with Gasteiger partial charge in [0, 0.05) is 14.6 Å². The van der Waals surface area contributed by atoms with Gasteiger partial charge in [-0.25, -0.2) is 0 Å². The zero-order valence-electron chi connectivity index (χ0n) is 13.6. The van der Waals surface area contributed by atoms with E-state index in [-0.39, 0.29) is 12.5 Å². The number of aryl methyl sites for hydroxylation is 2. The summed E-state index contributed by atoms with van der Waals surface area (Å²) >= 11 is 2.30. The molecule has 3 nitrogen and oxygen atoms in total. The van der Waals surface area contributed by atoms with Crippen LogP contribution in [0.5, 0.6) is 5.75 Å². The maximum atomic E-state index is 12.2. The van der Waals surface area contributed by atoms with Gasteiger partial charge in [-0.15, -0.1) is 0 Å². The van der Waals surface area contributed by atoms with Crippen molar-refractivity contribution in [2.45, 2.75) is 13.8 Å². The van der Waals surface area contributed by atoms with Gasteiger partial charge in [-0.3, -0.25) is 4.79 Å². The fourth-order valence-corrected chi connectivity index (χ4v) is 3.19. The van der Waals surface area contributed by atoms with Crippen molar-refractivity contribution >= 4 is 45.0 Å². The SMILES string of the molecule is Cc1cc(NC(=O)COc2cccc3ccccc23)c(C)cc1I. The van der Waals surface area contributed by atoms with Crippen molar-refractivity contribution in [3.05, 3.63) is 69.3 Å². The number of ether oxygens (including phenoxy) is 1. The molecule has 0 spiro atoms. The molecule has 3 aromatic rings. The molecule has 0 aliphatic rings. The van der Waals surface area contributed by atoms with Gasteiger partial charge in [-0.1, -0.05) is 36.4 Å². The highest BCUT2D eigenvalue weighted by atomic mass is 127. The number of anilines is 1. The lowest BCUT2D eigenvalue weighted by Gasteiger charge is -2.12. The number of carbonyl (C=O) groups is 1. The van der Waals surface area contributed by atoms with Crippen molar-refractivity contribution < 1.29 is 9.53 Å². The molecule has 1 N–H and O–H groups in total. The molecule has 122 valence electrons. The smallest absolute Gasteiger partial charge is 0.262 e. The summed E-state index contributed by atoms with van der Waals surface area (Å²) in [5.74, 6) is 0.561. The highest BCUT2D eigenvalue weighted by Crippen LogP contribution is 2.25. The van der Waals surface area contributed by atoms with Crippen molar-refractivity contribution in [2.24, 2.45) is 0 Å². The minimum absolute atomic E-state index is 0.0154. The van der Waals surface area contributed by atoms with E-state index in [2.05, 4.69) is 34.0 Å². The third kappa shape index (κ3) is 3.70. The molecule has 0 fully saturated rings. The first kappa shape index (κ1) is 16.8. The second kappa shape index (κ2) is 7.21. The summed E-state index contributed by atoms with van der Waals surface area (Å²) < 4.78 is 6.92. The Labute approximate surface area is 155 Å². The molecule has 4 heteroatoms. The number of amides is 1. The monoisotopic (exact) mass is 431 g/mol. The van der Waals surface area contributed by atoms with Gasteiger partial charge in [0.25, 0.3) is 5.91 Å². The van der Waals surface area contributed by atoms with Gasteiger partial charge >= 0.3 is 0 Å². The van der Waals surface area contributed by atoms with Gasteiger partial charge < -0.3 is 10.1 Å². The van der Waals surface area contributed by atoms with E-state index >= 15 is 0 Å². The lowest BCUT2D eigenvalue weighted by Crippen LogP contribution is -2.20. The fraction of sp³-hybridized carbons (Fsp3) is 0.150. The maximum Gasteiger partial charge on any atom is 0.262 e. The number of fused-ring (bicyclic) bond motifs is 1. The third-order valence-corrected chi connectivity index (χ3v) is 5.05. The summed E-state index contributed by atoms with van der Waals surface area (Å²) in [6.07, 6.45) is 0. The van der Waals surface area contributed by atoms with E-state index in [0.717, 1.165) is 33.3 Å². The highest BCUT2D eigenvalue weighted by Gasteiger charge is 2.09. The van der Waals surface area contributed by atoms with Crippen molar-refractivity contribution in [1.82, 2.24) is 0 Å². The molecule has 0 aromatic heterocycles. The lowest BCUT2D eigenvalue weighted by atomic mass is 10.1. The van der Waals surface area contributed by atoms with Crippen LogP contribution < -0.4 is 10.1 Å². The number of hydrogen-bond donors (Lipinski definition) is 1. The standard InChI is InChI=1S/C20H18INO2/c1-13-11-18(14(2)10-17(13)21)22-20(23)12-24-19-9-5-7-15-6-3-4-8-16(15)19/h3-11H,12H2,1-2H3,(H,22,23). The molecule has 0 atom stereocenters. The predicted molar refractivity (Wildman–Crippen MR) is 107 cm³/mol. The number of rotatable bonds is 4. The quantitative estimate of drug-likeness (QED) is 0.586. The zero-order valence-corrected chi connectivity index (χ0v) is 15.8. The topological polar surface area (TPSA) is 38.3 Å². The van der Waals surface area contributed by atoms with Crippen molar-refractivity contribution in [2.75, 3.05) is 11.9 Å². The Kier molecular flexibility index (Phi) is 5.04. The first-order valence-electron chi connectivity index (χ1n) is 7.72. The molecule has 0 aliphatic heterocycles. The van der Waals surface area contributed by atoms with Crippen LogP contribution in [-0.2, 0) is 4.79 Å². The highest BCUT2D eigenvalue weighted by molar-refractivity contribution is 14.1. The summed E-state index contributed by atoms with van der Waals surface area (Å²) in [7, 11) is 0. The molecule has 0 heterocycles. The number of halogens is 1. The first-order chi connectivity index (χ1) is 11.5. The zero-order chi connectivity index (χ0) is 17.1. The van der Waals surface area contributed by atoms with E-state index in [1.807, 2.05) is 62.4 Å². The van der Waals surface area contributed by atoms with Crippen LogP contribution in [-0.4, -0.2) is 12.5 Å². The van der Waals surface area contributed by atoms with Gasteiger partial charge in [-0.05, 0) is 71.2 Å². The second-order valence-corrected chi connectivity index (χ2v) is 6.89. The van der Waals surface area contributed by atoms with Crippen LogP contribution in [0.4, 0.5) is 5.69 Å². The lowest BCUT2D eigenvalue weighted by molar-refractivity contribution is -0.118. The summed E-state index contributed by atoms with van der Waals surface area (Å²) in [4.78, 5) is 12.2. The molecule has 3 rings (SSSR count). The van der Waals surface area contributed by atoms with Gasteiger partial charge in [0.2, 0.25) is 0 Å². The Bertz CT molecular complexity index is 900. The fourth-order valence-electron chi connectivity index (χ4n) is 2.57. The van der Waals surface area contributed by atoms with Crippen molar-refractivity contribution in [3.8, 4) is 5.75 Å². The Balaban J connectivity index is 1.71. The Morgan fingerprint density at radius 1 is 1.04 bits per heavy atom. The number of hydrogen-bond acceptors (Lipinski definition) is 2. The van der Waals surface area contributed by atoms with Crippen LogP contribution in [0.25, 0.3) is 10.8 Å². The average Bonchev–Trinajstić information content (AvgIpc) is 2.58. The maximum absolute atomic E-state index is 12.2. The molecule has 0 radical (unpaired) electrons. The minimum Gasteiger partial charge on any atom is -0.483 e. The summed E-state index contributed by atoms with van der Waals surface area (Å²) in [5, 5.41) is 5.03. The number of nitrogens with one attached hydrogen (secondary N) is 1. The molecule has 0 aliphatic carbocycles. The molecular formula is C20H18INO2. The van der Waals surface area contributed by atoms with E-state index in [0.29, 0.717) is 0 Å². The van der Waals surface area contributed by atoms with Gasteiger partial charge in [0.15, 0.2) is 6.61 Å². The molecule has 24 heavy (non-hydrogen) atoms. The van der Waals surface area contributed by atoms with Crippen LogP contribution in [0, 0.1) is 17.4 Å². The Morgan fingerprint density at radius 3 is 2.62 bits per heavy atom. The second-order valence-electron chi connectivity index (χ2n) is 5.73. The van der Waals surface area contributed by atoms with Crippen molar-refractivity contribution in [3.63, 3.8) is 0 Å². The molecule has 0 saturated heterocycles. The van der Waals surface area contributed by atoms with Gasteiger partial charge in [0.1, 0.15) is 5.75 Å².